The van der Waals surface area contributed by atoms with Crippen LogP contribution in [-0.2, 0) is 4.79 Å². The first kappa shape index (κ1) is 13.6. The van der Waals surface area contributed by atoms with E-state index in [9.17, 15) is 9.18 Å². The molecule has 0 bridgehead atoms. The summed E-state index contributed by atoms with van der Waals surface area (Å²) in [5.41, 5.74) is 0. The highest BCUT2D eigenvalue weighted by atomic mass is 19.1. The van der Waals surface area contributed by atoms with Gasteiger partial charge in [0.05, 0.1) is 6.20 Å². The zero-order valence-corrected chi connectivity index (χ0v) is 10.2. The molecule has 1 heterocycles. The molecule has 0 fully saturated rings. The van der Waals surface area contributed by atoms with Gasteiger partial charge in [-0.15, -0.1) is 0 Å². The van der Waals surface area contributed by atoms with Gasteiger partial charge in [0.15, 0.2) is 0 Å². The van der Waals surface area contributed by atoms with Crippen molar-refractivity contribution in [1.29, 1.82) is 0 Å². The number of carbonyl (C=O) groups excluding carboxylic acids is 1. The Bertz CT molecular complexity index is 351. The normalized spacial score (nSPS) is 10.6. The molecule has 5 heteroatoms. The number of carbonyl (C=O) groups is 1. The minimum atomic E-state index is -0.413. The highest BCUT2D eigenvalue weighted by Crippen LogP contribution is 2.04. The van der Waals surface area contributed by atoms with Gasteiger partial charge in [-0.3, -0.25) is 4.79 Å². The maximum atomic E-state index is 12.6. The van der Waals surface area contributed by atoms with Crippen molar-refractivity contribution in [3.8, 4) is 0 Å². The fourth-order valence-corrected chi connectivity index (χ4v) is 1.29. The number of nitrogens with zero attached hydrogens (tertiary/aromatic N) is 1. The van der Waals surface area contributed by atoms with Crippen LogP contribution in [0.25, 0.3) is 0 Å². The second-order valence-corrected chi connectivity index (χ2v) is 4.12. The van der Waals surface area contributed by atoms with Crippen LogP contribution in [-0.4, -0.2) is 23.5 Å². The van der Waals surface area contributed by atoms with E-state index in [1.807, 2.05) is 0 Å². The van der Waals surface area contributed by atoms with E-state index in [0.717, 1.165) is 19.2 Å². The summed E-state index contributed by atoms with van der Waals surface area (Å²) in [7, 11) is 0. The molecule has 1 rings (SSSR count). The maximum absolute atomic E-state index is 12.6. The quantitative estimate of drug-likeness (QED) is 0.746. The van der Waals surface area contributed by atoms with E-state index in [-0.39, 0.29) is 5.91 Å². The molecule has 1 amide bonds. The monoisotopic (exact) mass is 239 g/mol. The molecule has 0 radical (unpaired) electrons. The third-order valence-corrected chi connectivity index (χ3v) is 2.13. The Morgan fingerprint density at radius 2 is 2.24 bits per heavy atom. The number of nitrogens with one attached hydrogen (secondary N) is 2. The van der Waals surface area contributed by atoms with Gasteiger partial charge in [-0.05, 0) is 25.1 Å². The number of anilines is 1. The van der Waals surface area contributed by atoms with E-state index in [0.29, 0.717) is 18.3 Å². The third kappa shape index (κ3) is 5.97. The van der Waals surface area contributed by atoms with Gasteiger partial charge in [-0.1, -0.05) is 13.8 Å². The smallest absolute Gasteiger partial charge is 0.225 e. The molecular formula is C12H18FN3O. The molecule has 0 spiro atoms. The van der Waals surface area contributed by atoms with E-state index >= 15 is 0 Å². The van der Waals surface area contributed by atoms with Crippen LogP contribution in [0.5, 0.6) is 0 Å². The summed E-state index contributed by atoms with van der Waals surface area (Å²) in [6, 6.07) is 3.14. The molecule has 94 valence electrons. The van der Waals surface area contributed by atoms with Gasteiger partial charge < -0.3 is 10.6 Å². The van der Waals surface area contributed by atoms with Crippen molar-refractivity contribution in [3.05, 3.63) is 24.1 Å². The Balaban J connectivity index is 2.23. The molecule has 0 aliphatic rings. The molecule has 1 aromatic rings. The second kappa shape index (κ2) is 6.96. The predicted molar refractivity (Wildman–Crippen MR) is 65.2 cm³/mol. The molecule has 4 nitrogen and oxygen atoms in total. The molecule has 1 aromatic heterocycles. The van der Waals surface area contributed by atoms with Crippen LogP contribution in [0.15, 0.2) is 18.3 Å². The Morgan fingerprint density at radius 3 is 2.82 bits per heavy atom. The van der Waals surface area contributed by atoms with E-state index in [2.05, 4.69) is 29.5 Å². The highest BCUT2D eigenvalue weighted by Gasteiger charge is 2.03. The topological polar surface area (TPSA) is 54.0 Å². The van der Waals surface area contributed by atoms with Crippen LogP contribution in [0.2, 0.25) is 0 Å². The van der Waals surface area contributed by atoms with Crippen LogP contribution < -0.4 is 10.6 Å². The molecule has 0 aromatic carbocycles. The van der Waals surface area contributed by atoms with Crippen LogP contribution in [0.4, 0.5) is 10.2 Å². The third-order valence-electron chi connectivity index (χ3n) is 2.13. The van der Waals surface area contributed by atoms with Crippen molar-refractivity contribution in [3.63, 3.8) is 0 Å². The minimum Gasteiger partial charge on any atom is -0.315 e. The summed E-state index contributed by atoms with van der Waals surface area (Å²) in [6.07, 6.45) is 2.28. The van der Waals surface area contributed by atoms with Gasteiger partial charge in [0.1, 0.15) is 11.6 Å². The van der Waals surface area contributed by atoms with Crippen molar-refractivity contribution in [1.82, 2.24) is 10.3 Å². The van der Waals surface area contributed by atoms with Crippen LogP contribution in [0, 0.1) is 5.82 Å². The number of hydrogen-bond donors (Lipinski definition) is 2. The molecule has 0 aliphatic carbocycles. The van der Waals surface area contributed by atoms with Crippen molar-refractivity contribution >= 4 is 11.7 Å². The van der Waals surface area contributed by atoms with E-state index in [4.69, 9.17) is 0 Å². The Kier molecular flexibility index (Phi) is 5.56. The zero-order chi connectivity index (χ0) is 12.7. The Hall–Kier alpha value is -1.49. The molecular weight excluding hydrogens is 221 g/mol. The summed E-state index contributed by atoms with van der Waals surface area (Å²) in [5.74, 6) is -0.132. The zero-order valence-electron chi connectivity index (χ0n) is 10.2. The van der Waals surface area contributed by atoms with Gasteiger partial charge in [0.25, 0.3) is 0 Å². The lowest BCUT2D eigenvalue weighted by Gasteiger charge is -2.07. The van der Waals surface area contributed by atoms with Crippen molar-refractivity contribution in [2.24, 2.45) is 0 Å². The number of halogens is 1. The maximum Gasteiger partial charge on any atom is 0.225 e. The van der Waals surface area contributed by atoms with Crippen LogP contribution >= 0.6 is 0 Å². The number of aromatic nitrogens is 1. The average Bonchev–Trinajstić information content (AvgIpc) is 2.27. The standard InChI is InChI=1S/C12H18FN3O/c1-9(2)14-7-3-4-12(17)16-11-6-5-10(13)8-15-11/h5-6,8-9,14H,3-4,7H2,1-2H3,(H,15,16,17). The van der Waals surface area contributed by atoms with Gasteiger partial charge >= 0.3 is 0 Å². The van der Waals surface area contributed by atoms with Gasteiger partial charge in [0.2, 0.25) is 5.91 Å². The summed E-state index contributed by atoms with van der Waals surface area (Å²) < 4.78 is 12.6. The second-order valence-electron chi connectivity index (χ2n) is 4.12. The lowest BCUT2D eigenvalue weighted by molar-refractivity contribution is -0.116. The fourth-order valence-electron chi connectivity index (χ4n) is 1.29. The highest BCUT2D eigenvalue weighted by molar-refractivity contribution is 5.89. The molecule has 0 saturated heterocycles. The summed E-state index contributed by atoms with van der Waals surface area (Å²) in [4.78, 5) is 15.2. The summed E-state index contributed by atoms with van der Waals surface area (Å²) in [5, 5.41) is 5.84. The largest absolute Gasteiger partial charge is 0.315 e. The van der Waals surface area contributed by atoms with Crippen molar-refractivity contribution in [2.75, 3.05) is 11.9 Å². The summed E-state index contributed by atoms with van der Waals surface area (Å²) >= 11 is 0. The lowest BCUT2D eigenvalue weighted by Crippen LogP contribution is -2.24. The number of rotatable bonds is 6. The number of amides is 1. The first-order valence-electron chi connectivity index (χ1n) is 5.72. The minimum absolute atomic E-state index is 0.102. The molecule has 2 N–H and O–H groups in total. The van der Waals surface area contributed by atoms with Crippen LogP contribution in [0.3, 0.4) is 0 Å². The first-order valence-corrected chi connectivity index (χ1v) is 5.72. The molecule has 17 heavy (non-hydrogen) atoms. The molecule has 0 saturated carbocycles. The SMILES string of the molecule is CC(C)NCCCC(=O)Nc1ccc(F)cn1. The van der Waals surface area contributed by atoms with Crippen molar-refractivity contribution in [2.45, 2.75) is 32.7 Å². The van der Waals surface area contributed by atoms with E-state index in [1.54, 1.807) is 0 Å². The molecule has 0 atom stereocenters. The van der Waals surface area contributed by atoms with Gasteiger partial charge in [-0.2, -0.15) is 0 Å². The van der Waals surface area contributed by atoms with Gasteiger partial charge in [0, 0.05) is 12.5 Å². The summed E-state index contributed by atoms with van der Waals surface area (Å²) in [6.45, 7) is 4.92. The number of pyridine rings is 1. The van der Waals surface area contributed by atoms with Crippen LogP contribution in [0.1, 0.15) is 26.7 Å². The van der Waals surface area contributed by atoms with E-state index in [1.165, 1.54) is 12.1 Å². The predicted octanol–water partition coefficient (Wildman–Crippen LogP) is 1.94. The Morgan fingerprint density at radius 1 is 1.47 bits per heavy atom. The number of hydrogen-bond acceptors (Lipinski definition) is 3. The van der Waals surface area contributed by atoms with Crippen molar-refractivity contribution < 1.29 is 9.18 Å². The van der Waals surface area contributed by atoms with E-state index < -0.39 is 5.82 Å². The Labute approximate surface area is 101 Å². The molecule has 0 unspecified atom stereocenters. The lowest BCUT2D eigenvalue weighted by atomic mass is 10.2. The van der Waals surface area contributed by atoms with Gasteiger partial charge in [-0.25, -0.2) is 9.37 Å². The fraction of sp³-hybridized carbons (Fsp3) is 0.500. The molecule has 0 aliphatic heterocycles. The first-order chi connectivity index (χ1) is 8.08. The average molecular weight is 239 g/mol.